The van der Waals surface area contributed by atoms with Crippen molar-refractivity contribution in [1.82, 2.24) is 0 Å². The summed E-state index contributed by atoms with van der Waals surface area (Å²) in [6.45, 7) is 4.44. The Balaban J connectivity index is 3.04. The first-order valence-electron chi connectivity index (χ1n) is 5.00. The van der Waals surface area contributed by atoms with Gasteiger partial charge in [-0.25, -0.2) is 0 Å². The van der Waals surface area contributed by atoms with Gasteiger partial charge in [0, 0.05) is 17.4 Å². The van der Waals surface area contributed by atoms with Gasteiger partial charge in [-0.15, -0.1) is 11.8 Å². The van der Waals surface area contributed by atoms with Crippen LogP contribution in [-0.2, 0) is 6.42 Å². The molecule has 1 atom stereocenters. The maximum Gasteiger partial charge on any atom is 0.0497 e. The summed E-state index contributed by atoms with van der Waals surface area (Å²) in [7, 11) is 0. The van der Waals surface area contributed by atoms with Crippen LogP contribution < -0.4 is 0 Å². The van der Waals surface area contributed by atoms with Gasteiger partial charge in [0.1, 0.15) is 0 Å². The van der Waals surface area contributed by atoms with Gasteiger partial charge in [0.2, 0.25) is 0 Å². The van der Waals surface area contributed by atoms with Gasteiger partial charge in [0.15, 0.2) is 0 Å². The van der Waals surface area contributed by atoms with Crippen molar-refractivity contribution in [2.45, 2.75) is 31.1 Å². The normalized spacial score (nSPS) is 12.9. The third-order valence-electron chi connectivity index (χ3n) is 2.48. The van der Waals surface area contributed by atoms with Crippen LogP contribution in [-0.4, -0.2) is 18.0 Å². The van der Waals surface area contributed by atoms with E-state index in [2.05, 4.69) is 38.3 Å². The molecular formula is C12H18OS. The van der Waals surface area contributed by atoms with Crippen LogP contribution in [0, 0.1) is 0 Å². The van der Waals surface area contributed by atoms with Crippen LogP contribution in [0.25, 0.3) is 0 Å². The third kappa shape index (κ3) is 2.76. The molecule has 78 valence electrons. The fourth-order valence-electron chi connectivity index (χ4n) is 1.40. The highest BCUT2D eigenvalue weighted by Gasteiger charge is 2.06. The van der Waals surface area contributed by atoms with Crippen LogP contribution in [0.1, 0.15) is 30.9 Å². The molecule has 0 bridgehead atoms. The van der Waals surface area contributed by atoms with E-state index in [9.17, 15) is 0 Å². The number of aliphatic hydroxyl groups is 1. The molecule has 0 heterocycles. The first kappa shape index (κ1) is 11.6. The summed E-state index contributed by atoms with van der Waals surface area (Å²) in [4.78, 5) is 1.29. The Bertz CT molecular complexity index is 274. The van der Waals surface area contributed by atoms with E-state index in [1.807, 2.05) is 0 Å². The van der Waals surface area contributed by atoms with Crippen LogP contribution in [0.2, 0.25) is 0 Å². The molecule has 0 amide bonds. The van der Waals surface area contributed by atoms with E-state index in [-0.39, 0.29) is 12.5 Å². The van der Waals surface area contributed by atoms with Gasteiger partial charge >= 0.3 is 0 Å². The van der Waals surface area contributed by atoms with Crippen molar-refractivity contribution in [3.8, 4) is 0 Å². The number of hydrogen-bond donors (Lipinski definition) is 1. The number of aryl methyl sites for hydroxylation is 1. The summed E-state index contributed by atoms with van der Waals surface area (Å²) in [5.41, 5.74) is 2.60. The number of thioether (sulfide) groups is 1. The molecule has 0 radical (unpaired) electrons. The molecule has 2 heteroatoms. The van der Waals surface area contributed by atoms with Crippen molar-refractivity contribution >= 4 is 11.8 Å². The average molecular weight is 210 g/mol. The molecular weight excluding hydrogens is 192 g/mol. The number of aliphatic hydroxyl groups excluding tert-OH is 1. The molecule has 1 aromatic rings. The molecule has 0 aliphatic rings. The zero-order chi connectivity index (χ0) is 10.6. The Morgan fingerprint density at radius 1 is 1.36 bits per heavy atom. The smallest absolute Gasteiger partial charge is 0.0497 e. The highest BCUT2D eigenvalue weighted by molar-refractivity contribution is 7.98. The first-order valence-corrected chi connectivity index (χ1v) is 6.22. The molecule has 0 aliphatic carbocycles. The minimum absolute atomic E-state index is 0.223. The van der Waals surface area contributed by atoms with Crippen molar-refractivity contribution in [2.24, 2.45) is 0 Å². The summed E-state index contributed by atoms with van der Waals surface area (Å²) in [6.07, 6.45) is 3.14. The van der Waals surface area contributed by atoms with Crippen molar-refractivity contribution in [2.75, 3.05) is 12.9 Å². The van der Waals surface area contributed by atoms with E-state index >= 15 is 0 Å². The van der Waals surface area contributed by atoms with Crippen LogP contribution in [0.4, 0.5) is 0 Å². The highest BCUT2D eigenvalue weighted by Crippen LogP contribution is 2.24. The molecule has 0 aliphatic heterocycles. The quantitative estimate of drug-likeness (QED) is 0.771. The summed E-state index contributed by atoms with van der Waals surface area (Å²) < 4.78 is 0. The Morgan fingerprint density at radius 2 is 2.07 bits per heavy atom. The zero-order valence-corrected chi connectivity index (χ0v) is 9.90. The molecule has 1 nitrogen and oxygen atoms in total. The van der Waals surface area contributed by atoms with Crippen LogP contribution in [0.3, 0.4) is 0 Å². The molecule has 0 aromatic heterocycles. The molecule has 0 saturated heterocycles. The molecule has 0 fully saturated rings. The predicted octanol–water partition coefficient (Wildman–Crippen LogP) is 3.07. The highest BCUT2D eigenvalue weighted by atomic mass is 32.2. The topological polar surface area (TPSA) is 20.2 Å². The van der Waals surface area contributed by atoms with Crippen LogP contribution >= 0.6 is 11.8 Å². The zero-order valence-electron chi connectivity index (χ0n) is 9.08. The van der Waals surface area contributed by atoms with E-state index in [1.54, 1.807) is 11.8 Å². The number of rotatable bonds is 4. The lowest BCUT2D eigenvalue weighted by molar-refractivity contribution is 0.273. The minimum Gasteiger partial charge on any atom is -0.396 e. The predicted molar refractivity (Wildman–Crippen MR) is 63.1 cm³/mol. The van der Waals surface area contributed by atoms with E-state index in [1.165, 1.54) is 16.0 Å². The summed E-state index contributed by atoms with van der Waals surface area (Å²) in [5, 5.41) is 9.11. The van der Waals surface area contributed by atoms with Gasteiger partial charge in [-0.3, -0.25) is 0 Å². The maximum atomic E-state index is 9.11. The van der Waals surface area contributed by atoms with E-state index in [0.29, 0.717) is 0 Å². The second-order valence-corrected chi connectivity index (χ2v) is 4.43. The molecule has 1 aromatic carbocycles. The number of hydrogen-bond acceptors (Lipinski definition) is 2. The third-order valence-corrected chi connectivity index (χ3v) is 3.18. The molecule has 1 N–H and O–H groups in total. The molecule has 1 unspecified atom stereocenters. The molecule has 14 heavy (non-hydrogen) atoms. The van der Waals surface area contributed by atoms with Crippen molar-refractivity contribution < 1.29 is 5.11 Å². The standard InChI is InChI=1S/C12H18OS/c1-4-10-5-11(9(2)8-13)7-12(6-10)14-3/h5-7,9,13H,4,8H2,1-3H3. The second kappa shape index (κ2) is 5.42. The van der Waals surface area contributed by atoms with Crippen molar-refractivity contribution in [3.05, 3.63) is 29.3 Å². The van der Waals surface area contributed by atoms with Crippen molar-refractivity contribution in [3.63, 3.8) is 0 Å². The Hall–Kier alpha value is -0.470. The Kier molecular flexibility index (Phi) is 4.49. The lowest BCUT2D eigenvalue weighted by Gasteiger charge is -2.11. The first-order chi connectivity index (χ1) is 6.71. The van der Waals surface area contributed by atoms with Gasteiger partial charge < -0.3 is 5.11 Å². The second-order valence-electron chi connectivity index (χ2n) is 3.55. The number of benzene rings is 1. The van der Waals surface area contributed by atoms with E-state index < -0.39 is 0 Å². The largest absolute Gasteiger partial charge is 0.396 e. The fourth-order valence-corrected chi connectivity index (χ4v) is 1.92. The summed E-state index contributed by atoms with van der Waals surface area (Å²) in [5.74, 6) is 0.243. The lowest BCUT2D eigenvalue weighted by atomic mass is 9.99. The fraction of sp³-hybridized carbons (Fsp3) is 0.500. The SMILES string of the molecule is CCc1cc(SC)cc(C(C)CO)c1. The van der Waals surface area contributed by atoms with Gasteiger partial charge in [-0.05, 0) is 35.9 Å². The summed E-state index contributed by atoms with van der Waals surface area (Å²) in [6, 6.07) is 6.59. The van der Waals surface area contributed by atoms with Crippen LogP contribution in [0.15, 0.2) is 23.1 Å². The van der Waals surface area contributed by atoms with Crippen LogP contribution in [0.5, 0.6) is 0 Å². The minimum atomic E-state index is 0.223. The van der Waals surface area contributed by atoms with Crippen molar-refractivity contribution in [1.29, 1.82) is 0 Å². The molecule has 1 rings (SSSR count). The van der Waals surface area contributed by atoms with E-state index in [0.717, 1.165) is 6.42 Å². The Labute approximate surface area is 90.5 Å². The maximum absolute atomic E-state index is 9.11. The molecule has 0 saturated carbocycles. The molecule has 0 spiro atoms. The van der Waals surface area contributed by atoms with Gasteiger partial charge in [-0.2, -0.15) is 0 Å². The lowest BCUT2D eigenvalue weighted by Crippen LogP contribution is -2.00. The monoisotopic (exact) mass is 210 g/mol. The van der Waals surface area contributed by atoms with E-state index in [4.69, 9.17) is 5.11 Å². The van der Waals surface area contributed by atoms with Gasteiger partial charge in [0.05, 0.1) is 0 Å². The summed E-state index contributed by atoms with van der Waals surface area (Å²) >= 11 is 1.76. The van der Waals surface area contributed by atoms with Gasteiger partial charge in [0.25, 0.3) is 0 Å². The van der Waals surface area contributed by atoms with Gasteiger partial charge in [-0.1, -0.05) is 19.9 Å². The average Bonchev–Trinajstić information content (AvgIpc) is 2.27. The Morgan fingerprint density at radius 3 is 2.57 bits per heavy atom.